The Balaban J connectivity index is 0.000000810. The predicted molar refractivity (Wildman–Crippen MR) is 44.3 cm³/mol. The second-order valence-corrected chi connectivity index (χ2v) is 2.25. The molecule has 60 valence electrons. The molecule has 1 rings (SSSR count). The number of nitrogens with zero attached hydrogens (tertiary/aromatic N) is 1. The Kier molecular flexibility index (Phi) is 4.31. The van der Waals surface area contributed by atoms with Gasteiger partial charge in [0.2, 0.25) is 0 Å². The highest BCUT2D eigenvalue weighted by Gasteiger charge is 2.11. The smallest absolute Gasteiger partial charge is 0.256 e. The molecule has 0 aromatic rings. The number of hydrogen-bond donors (Lipinski definition) is 1. The first-order chi connectivity index (χ1) is 4.30. The zero-order valence-electron chi connectivity index (χ0n) is 5.04. The third-order valence-corrected chi connectivity index (χ3v) is 1.54. The molecular weight excluding hydrogens is 150 g/mol. The van der Waals surface area contributed by atoms with Crippen LogP contribution in [-0.2, 0) is 4.74 Å². The molecule has 0 aliphatic carbocycles. The molecule has 1 saturated heterocycles. The maximum atomic E-state index is 8.78. The monoisotopic (exact) mass is 163 g/mol. The van der Waals surface area contributed by atoms with E-state index in [1.807, 2.05) is 0 Å². The highest BCUT2D eigenvalue weighted by molar-refractivity contribution is 7.79. The van der Waals surface area contributed by atoms with Crippen molar-refractivity contribution in [3.05, 3.63) is 0 Å². The van der Waals surface area contributed by atoms with E-state index in [9.17, 15) is 0 Å². The van der Waals surface area contributed by atoms with Gasteiger partial charge in [-0.25, -0.2) is 0 Å². The van der Waals surface area contributed by atoms with Gasteiger partial charge in [0.05, 0.1) is 13.2 Å². The Morgan fingerprint density at radius 1 is 1.40 bits per heavy atom. The number of aliphatic hydroxyl groups is 1. The van der Waals surface area contributed by atoms with E-state index >= 15 is 0 Å². The SMILES string of the molecule is C.OC(=S)N1CCOCC1. The highest BCUT2D eigenvalue weighted by Crippen LogP contribution is 1.95. The fourth-order valence-corrected chi connectivity index (χ4v) is 0.937. The maximum absolute atomic E-state index is 8.78. The second-order valence-electron chi connectivity index (χ2n) is 1.88. The average molecular weight is 163 g/mol. The molecule has 1 N–H and O–H groups in total. The summed E-state index contributed by atoms with van der Waals surface area (Å²) < 4.78 is 5.04. The van der Waals surface area contributed by atoms with Crippen LogP contribution in [0.3, 0.4) is 0 Å². The Hall–Kier alpha value is -0.350. The maximum Gasteiger partial charge on any atom is 0.256 e. The number of hydrogen-bond acceptors (Lipinski definition) is 2. The van der Waals surface area contributed by atoms with E-state index in [1.54, 1.807) is 4.90 Å². The summed E-state index contributed by atoms with van der Waals surface area (Å²) >= 11 is 4.54. The summed E-state index contributed by atoms with van der Waals surface area (Å²) in [6.07, 6.45) is 0. The molecule has 10 heavy (non-hydrogen) atoms. The summed E-state index contributed by atoms with van der Waals surface area (Å²) in [6, 6.07) is 0. The van der Waals surface area contributed by atoms with Crippen molar-refractivity contribution in [2.45, 2.75) is 7.43 Å². The molecule has 0 aromatic heterocycles. The van der Waals surface area contributed by atoms with Crippen LogP contribution < -0.4 is 0 Å². The zero-order valence-corrected chi connectivity index (χ0v) is 5.86. The lowest BCUT2D eigenvalue weighted by Gasteiger charge is -2.25. The summed E-state index contributed by atoms with van der Waals surface area (Å²) in [6.45, 7) is 2.77. The predicted octanol–water partition coefficient (Wildman–Crippen LogP) is 0.798. The van der Waals surface area contributed by atoms with Crippen molar-refractivity contribution in [3.8, 4) is 0 Å². The quantitative estimate of drug-likeness (QED) is 0.535. The number of morpholine rings is 1. The zero-order chi connectivity index (χ0) is 6.69. The molecule has 1 aliphatic rings. The Morgan fingerprint density at radius 3 is 2.20 bits per heavy atom. The lowest BCUT2D eigenvalue weighted by Crippen LogP contribution is -2.39. The molecule has 0 aromatic carbocycles. The minimum atomic E-state index is -0.0155. The van der Waals surface area contributed by atoms with E-state index in [-0.39, 0.29) is 12.6 Å². The van der Waals surface area contributed by atoms with Crippen LogP contribution in [0.4, 0.5) is 0 Å². The summed E-state index contributed by atoms with van der Waals surface area (Å²) in [7, 11) is 0. The Morgan fingerprint density at radius 2 is 1.90 bits per heavy atom. The van der Waals surface area contributed by atoms with E-state index in [2.05, 4.69) is 12.2 Å². The van der Waals surface area contributed by atoms with Gasteiger partial charge in [0.15, 0.2) is 0 Å². The average Bonchev–Trinajstić information content (AvgIpc) is 1.90. The first-order valence-electron chi connectivity index (χ1n) is 2.86. The highest BCUT2D eigenvalue weighted by atomic mass is 32.1. The van der Waals surface area contributed by atoms with Crippen molar-refractivity contribution in [3.63, 3.8) is 0 Å². The van der Waals surface area contributed by atoms with Crippen LogP contribution in [0.1, 0.15) is 7.43 Å². The fourth-order valence-electron chi connectivity index (χ4n) is 0.755. The van der Waals surface area contributed by atoms with Gasteiger partial charge in [-0.1, -0.05) is 7.43 Å². The molecule has 0 bridgehead atoms. The lowest BCUT2D eigenvalue weighted by atomic mass is 10.5. The van der Waals surface area contributed by atoms with Gasteiger partial charge < -0.3 is 14.7 Å². The molecule has 0 atom stereocenters. The van der Waals surface area contributed by atoms with Gasteiger partial charge in [0, 0.05) is 13.1 Å². The van der Waals surface area contributed by atoms with Crippen LogP contribution >= 0.6 is 12.2 Å². The number of thiocarbonyl (C=S) groups is 1. The Labute approximate surface area is 66.6 Å². The normalized spacial score (nSPS) is 17.8. The van der Waals surface area contributed by atoms with Crippen LogP contribution in [0.15, 0.2) is 0 Å². The van der Waals surface area contributed by atoms with Crippen LogP contribution in [0.5, 0.6) is 0 Å². The standard InChI is InChI=1S/C5H9NO2S.CH4/c7-5(9)6-1-3-8-4-2-6;/h1-4H2,(H,7,9);1H4. The molecule has 0 amide bonds. The molecule has 4 heteroatoms. The molecular formula is C6H13NO2S. The van der Waals surface area contributed by atoms with Crippen molar-refractivity contribution in [2.24, 2.45) is 0 Å². The van der Waals surface area contributed by atoms with Crippen molar-refractivity contribution < 1.29 is 9.84 Å². The molecule has 0 saturated carbocycles. The molecule has 1 fully saturated rings. The van der Waals surface area contributed by atoms with Crippen molar-refractivity contribution in [2.75, 3.05) is 26.3 Å². The van der Waals surface area contributed by atoms with Crippen molar-refractivity contribution in [1.29, 1.82) is 0 Å². The molecule has 1 aliphatic heterocycles. The van der Waals surface area contributed by atoms with Gasteiger partial charge in [0.1, 0.15) is 0 Å². The van der Waals surface area contributed by atoms with E-state index in [1.165, 1.54) is 0 Å². The number of rotatable bonds is 0. The number of ether oxygens (including phenoxy) is 1. The van der Waals surface area contributed by atoms with Crippen LogP contribution in [-0.4, -0.2) is 41.5 Å². The molecule has 3 nitrogen and oxygen atoms in total. The third kappa shape index (κ3) is 2.49. The van der Waals surface area contributed by atoms with Gasteiger partial charge in [-0.2, -0.15) is 0 Å². The summed E-state index contributed by atoms with van der Waals surface area (Å²) in [5.74, 6) is 0. The first-order valence-corrected chi connectivity index (χ1v) is 3.27. The van der Waals surface area contributed by atoms with Gasteiger partial charge >= 0.3 is 0 Å². The van der Waals surface area contributed by atoms with Gasteiger partial charge in [-0.3, -0.25) is 0 Å². The van der Waals surface area contributed by atoms with E-state index in [0.717, 1.165) is 13.1 Å². The minimum absolute atomic E-state index is 0. The molecule has 0 spiro atoms. The lowest BCUT2D eigenvalue weighted by molar-refractivity contribution is 0.0622. The summed E-state index contributed by atoms with van der Waals surface area (Å²) in [5, 5.41) is 8.76. The second kappa shape index (κ2) is 4.46. The van der Waals surface area contributed by atoms with E-state index in [4.69, 9.17) is 9.84 Å². The van der Waals surface area contributed by atoms with Crippen LogP contribution in [0, 0.1) is 0 Å². The van der Waals surface area contributed by atoms with Crippen LogP contribution in [0.25, 0.3) is 0 Å². The van der Waals surface area contributed by atoms with Crippen LogP contribution in [0.2, 0.25) is 0 Å². The van der Waals surface area contributed by atoms with Crippen molar-refractivity contribution in [1.82, 2.24) is 4.90 Å². The van der Waals surface area contributed by atoms with Crippen molar-refractivity contribution >= 4 is 17.4 Å². The van der Waals surface area contributed by atoms with Gasteiger partial charge in [-0.05, 0) is 12.2 Å². The minimum Gasteiger partial charge on any atom is -0.486 e. The van der Waals surface area contributed by atoms with E-state index in [0.29, 0.717) is 13.2 Å². The fraction of sp³-hybridized carbons (Fsp3) is 0.833. The third-order valence-electron chi connectivity index (χ3n) is 1.28. The van der Waals surface area contributed by atoms with Gasteiger partial charge in [0.25, 0.3) is 5.17 Å². The Bertz CT molecular complexity index is 112. The molecule has 0 radical (unpaired) electrons. The topological polar surface area (TPSA) is 32.7 Å². The van der Waals surface area contributed by atoms with E-state index < -0.39 is 0 Å². The first kappa shape index (κ1) is 9.65. The molecule has 1 heterocycles. The summed E-state index contributed by atoms with van der Waals surface area (Å²) in [5.41, 5.74) is 0. The summed E-state index contributed by atoms with van der Waals surface area (Å²) in [4.78, 5) is 1.72. The number of aliphatic hydroxyl groups excluding tert-OH is 1. The largest absolute Gasteiger partial charge is 0.486 e. The van der Waals surface area contributed by atoms with Gasteiger partial charge in [-0.15, -0.1) is 0 Å². The molecule has 0 unspecified atom stereocenters.